The summed E-state index contributed by atoms with van der Waals surface area (Å²) in [5.74, 6) is 0.270. The van der Waals surface area contributed by atoms with Crippen LogP contribution >= 0.6 is 0 Å². The number of hydrogen-bond donors (Lipinski definition) is 1. The summed E-state index contributed by atoms with van der Waals surface area (Å²) in [4.78, 5) is -0.476. The number of methoxy groups -OCH3 is 1. The Labute approximate surface area is 132 Å². The van der Waals surface area contributed by atoms with Gasteiger partial charge in [-0.25, -0.2) is 8.42 Å². The summed E-state index contributed by atoms with van der Waals surface area (Å²) < 4.78 is 70.1. The molecule has 0 unspecified atom stereocenters. The Balaban J connectivity index is 2.42. The molecule has 0 aliphatic carbocycles. The summed E-state index contributed by atoms with van der Waals surface area (Å²) >= 11 is 0. The van der Waals surface area contributed by atoms with Gasteiger partial charge >= 0.3 is 6.18 Å². The molecule has 2 aromatic rings. The molecule has 0 aromatic heterocycles. The van der Waals surface area contributed by atoms with Crippen LogP contribution < -0.4 is 9.46 Å². The second kappa shape index (κ2) is 6.11. The fraction of sp³-hybridized carbons (Fsp3) is 0.200. The van der Waals surface area contributed by atoms with Crippen LogP contribution in [-0.4, -0.2) is 15.5 Å². The Morgan fingerprint density at radius 3 is 2.39 bits per heavy atom. The summed E-state index contributed by atoms with van der Waals surface area (Å²) in [5.41, 5.74) is -0.103. The fourth-order valence-electron chi connectivity index (χ4n) is 1.94. The van der Waals surface area contributed by atoms with Crippen molar-refractivity contribution in [1.29, 1.82) is 0 Å². The molecule has 1 N–H and O–H groups in total. The lowest BCUT2D eigenvalue weighted by molar-refractivity contribution is -0.137. The van der Waals surface area contributed by atoms with Crippen molar-refractivity contribution in [2.45, 2.75) is 18.0 Å². The molecule has 0 atom stereocenters. The maximum Gasteiger partial charge on any atom is 0.416 e. The van der Waals surface area contributed by atoms with E-state index in [4.69, 9.17) is 4.74 Å². The van der Waals surface area contributed by atoms with Gasteiger partial charge < -0.3 is 4.74 Å². The van der Waals surface area contributed by atoms with Gasteiger partial charge in [0.15, 0.2) is 0 Å². The molecule has 0 spiro atoms. The van der Waals surface area contributed by atoms with Gasteiger partial charge in [-0.15, -0.1) is 0 Å². The number of hydrogen-bond acceptors (Lipinski definition) is 3. The molecule has 2 rings (SSSR count). The number of ether oxygens (including phenoxy) is 1. The molecular weight excluding hydrogens is 331 g/mol. The lowest BCUT2D eigenvalue weighted by Crippen LogP contribution is -2.15. The van der Waals surface area contributed by atoms with Crippen molar-refractivity contribution in [2.24, 2.45) is 0 Å². The van der Waals surface area contributed by atoms with Gasteiger partial charge in [-0.05, 0) is 42.8 Å². The van der Waals surface area contributed by atoms with Gasteiger partial charge in [0.1, 0.15) is 5.75 Å². The van der Waals surface area contributed by atoms with Crippen LogP contribution in [0.15, 0.2) is 47.4 Å². The highest BCUT2D eigenvalue weighted by atomic mass is 32.2. The number of benzene rings is 2. The van der Waals surface area contributed by atoms with Gasteiger partial charge in [-0.3, -0.25) is 4.72 Å². The lowest BCUT2D eigenvalue weighted by atomic mass is 10.2. The quantitative estimate of drug-likeness (QED) is 0.916. The molecule has 4 nitrogen and oxygen atoms in total. The van der Waals surface area contributed by atoms with Gasteiger partial charge in [-0.1, -0.05) is 12.1 Å². The van der Waals surface area contributed by atoms with E-state index >= 15 is 0 Å². The summed E-state index contributed by atoms with van der Waals surface area (Å²) in [5, 5.41) is 0. The SMILES string of the molecule is COc1ccc(C)cc1NS(=O)(=O)c1cccc(C(F)(F)F)c1. The van der Waals surface area contributed by atoms with E-state index in [9.17, 15) is 21.6 Å². The normalized spacial score (nSPS) is 12.0. The number of halogens is 3. The molecule has 0 amide bonds. The number of rotatable bonds is 4. The van der Waals surface area contributed by atoms with Crippen LogP contribution in [0.4, 0.5) is 18.9 Å². The molecule has 0 saturated heterocycles. The molecule has 0 saturated carbocycles. The number of aryl methyl sites for hydroxylation is 1. The maximum absolute atomic E-state index is 12.7. The van der Waals surface area contributed by atoms with E-state index in [-0.39, 0.29) is 11.4 Å². The zero-order chi connectivity index (χ0) is 17.3. The van der Waals surface area contributed by atoms with E-state index in [1.807, 2.05) is 0 Å². The number of alkyl halides is 3. The van der Waals surface area contributed by atoms with Crippen LogP contribution in [0.25, 0.3) is 0 Å². The third-order valence-electron chi connectivity index (χ3n) is 3.07. The predicted molar refractivity (Wildman–Crippen MR) is 80.0 cm³/mol. The molecule has 124 valence electrons. The Kier molecular flexibility index (Phi) is 4.56. The van der Waals surface area contributed by atoms with Gasteiger partial charge in [-0.2, -0.15) is 13.2 Å². The van der Waals surface area contributed by atoms with E-state index in [2.05, 4.69) is 4.72 Å². The van der Waals surface area contributed by atoms with Crippen molar-refractivity contribution in [3.05, 3.63) is 53.6 Å². The summed E-state index contributed by atoms with van der Waals surface area (Å²) in [6.45, 7) is 1.75. The maximum atomic E-state index is 12.7. The molecule has 0 aliphatic heterocycles. The molecule has 2 aromatic carbocycles. The van der Waals surface area contributed by atoms with Crippen molar-refractivity contribution < 1.29 is 26.3 Å². The van der Waals surface area contributed by atoms with Crippen molar-refractivity contribution in [1.82, 2.24) is 0 Å². The lowest BCUT2D eigenvalue weighted by Gasteiger charge is -2.13. The van der Waals surface area contributed by atoms with Crippen molar-refractivity contribution in [2.75, 3.05) is 11.8 Å². The fourth-order valence-corrected chi connectivity index (χ4v) is 3.05. The first-order valence-corrected chi connectivity index (χ1v) is 7.96. The second-order valence-corrected chi connectivity index (χ2v) is 6.52. The predicted octanol–water partition coefficient (Wildman–Crippen LogP) is 3.82. The molecular formula is C15H14F3NO3S. The van der Waals surface area contributed by atoms with Gasteiger partial charge in [0.05, 0.1) is 23.3 Å². The van der Waals surface area contributed by atoms with Crippen molar-refractivity contribution in [3.8, 4) is 5.75 Å². The summed E-state index contributed by atoms with van der Waals surface area (Å²) in [6, 6.07) is 8.37. The van der Waals surface area contributed by atoms with E-state index in [0.29, 0.717) is 6.07 Å². The van der Waals surface area contributed by atoms with Crippen LogP contribution in [0.1, 0.15) is 11.1 Å². The highest BCUT2D eigenvalue weighted by Gasteiger charge is 2.31. The van der Waals surface area contributed by atoms with Crippen LogP contribution in [0, 0.1) is 6.92 Å². The second-order valence-electron chi connectivity index (χ2n) is 4.83. The first-order valence-electron chi connectivity index (χ1n) is 6.48. The zero-order valence-corrected chi connectivity index (χ0v) is 13.1. The third-order valence-corrected chi connectivity index (χ3v) is 4.43. The average Bonchev–Trinajstić information content (AvgIpc) is 2.46. The Hall–Kier alpha value is -2.22. The minimum Gasteiger partial charge on any atom is -0.495 e. The van der Waals surface area contributed by atoms with Crippen LogP contribution in [0.2, 0.25) is 0 Å². The zero-order valence-electron chi connectivity index (χ0n) is 12.3. The van der Waals surface area contributed by atoms with Crippen LogP contribution in [0.3, 0.4) is 0 Å². The largest absolute Gasteiger partial charge is 0.495 e. The average molecular weight is 345 g/mol. The first-order chi connectivity index (χ1) is 10.6. The molecule has 23 heavy (non-hydrogen) atoms. The van der Waals surface area contributed by atoms with Crippen LogP contribution in [0.5, 0.6) is 5.75 Å². The molecule has 0 aliphatic rings. The topological polar surface area (TPSA) is 55.4 Å². The number of nitrogens with one attached hydrogen (secondary N) is 1. The smallest absolute Gasteiger partial charge is 0.416 e. The Bertz CT molecular complexity index is 817. The van der Waals surface area contributed by atoms with E-state index < -0.39 is 26.7 Å². The van der Waals surface area contributed by atoms with Crippen molar-refractivity contribution in [3.63, 3.8) is 0 Å². The minimum absolute atomic E-state index is 0.157. The van der Waals surface area contributed by atoms with E-state index in [1.54, 1.807) is 19.1 Å². The Morgan fingerprint density at radius 1 is 1.09 bits per heavy atom. The van der Waals surface area contributed by atoms with Crippen LogP contribution in [-0.2, 0) is 16.2 Å². The number of sulfonamides is 1. The van der Waals surface area contributed by atoms with Gasteiger partial charge in [0.25, 0.3) is 10.0 Å². The molecule has 0 radical (unpaired) electrons. The van der Waals surface area contributed by atoms with Gasteiger partial charge in [0, 0.05) is 0 Å². The molecule has 0 heterocycles. The highest BCUT2D eigenvalue weighted by molar-refractivity contribution is 7.92. The summed E-state index contributed by atoms with van der Waals surface area (Å²) in [7, 11) is -2.81. The number of anilines is 1. The molecule has 8 heteroatoms. The van der Waals surface area contributed by atoms with E-state index in [1.165, 1.54) is 13.2 Å². The standard InChI is InChI=1S/C15H14F3NO3S/c1-10-6-7-14(22-2)13(8-10)19-23(20,21)12-5-3-4-11(9-12)15(16,17)18/h3-9,19H,1-2H3. The minimum atomic E-state index is -4.62. The van der Waals surface area contributed by atoms with Gasteiger partial charge in [0.2, 0.25) is 0 Å². The molecule has 0 bridgehead atoms. The van der Waals surface area contributed by atoms with E-state index in [0.717, 1.165) is 23.8 Å². The molecule has 0 fully saturated rings. The first kappa shape index (κ1) is 17.1. The monoisotopic (exact) mass is 345 g/mol. The highest BCUT2D eigenvalue weighted by Crippen LogP contribution is 2.32. The Morgan fingerprint density at radius 2 is 1.78 bits per heavy atom. The summed E-state index contributed by atoms with van der Waals surface area (Å²) in [6.07, 6.45) is -4.62. The third kappa shape index (κ3) is 3.95. The van der Waals surface area contributed by atoms with Crippen molar-refractivity contribution >= 4 is 15.7 Å².